The van der Waals surface area contributed by atoms with Gasteiger partial charge in [-0.25, -0.2) is 18.1 Å². The van der Waals surface area contributed by atoms with Crippen LogP contribution in [0.15, 0.2) is 23.6 Å². The first kappa shape index (κ1) is 19.5. The van der Waals surface area contributed by atoms with Gasteiger partial charge in [0.1, 0.15) is 11.4 Å². The van der Waals surface area contributed by atoms with Gasteiger partial charge >= 0.3 is 0 Å². The third kappa shape index (κ3) is 4.04. The average molecular weight is 396 g/mol. The van der Waals surface area contributed by atoms with E-state index in [1.54, 1.807) is 34.3 Å². The molecule has 27 heavy (non-hydrogen) atoms. The number of aryl methyl sites for hydroxylation is 3. The normalized spacial score (nSPS) is 20.8. The number of hydrogen-bond acceptors (Lipinski definition) is 6. The van der Waals surface area contributed by atoms with Crippen LogP contribution in [0.3, 0.4) is 0 Å². The summed E-state index contributed by atoms with van der Waals surface area (Å²) in [5, 5.41) is 4.05. The van der Waals surface area contributed by atoms with Crippen LogP contribution in [0.25, 0.3) is 0 Å². The summed E-state index contributed by atoms with van der Waals surface area (Å²) in [6.45, 7) is 4.35. The maximum absolute atomic E-state index is 12.6. The van der Waals surface area contributed by atoms with E-state index in [9.17, 15) is 13.2 Å². The van der Waals surface area contributed by atoms with Gasteiger partial charge in [-0.15, -0.1) is 0 Å². The number of hydrogen-bond donors (Lipinski definition) is 1. The molecule has 0 saturated carbocycles. The van der Waals surface area contributed by atoms with Crippen molar-refractivity contribution in [3.05, 3.63) is 30.0 Å². The lowest BCUT2D eigenvalue weighted by molar-refractivity contribution is -0.148. The fraction of sp³-hybridized carbons (Fsp3) is 0.562. The van der Waals surface area contributed by atoms with Gasteiger partial charge in [-0.05, 0) is 13.8 Å². The number of carbonyl (C=O) groups excluding carboxylic acids is 1. The van der Waals surface area contributed by atoms with Gasteiger partial charge in [0.25, 0.3) is 10.0 Å². The second kappa shape index (κ2) is 7.06. The number of imidazole rings is 1. The predicted molar refractivity (Wildman–Crippen MR) is 96.2 cm³/mol. The van der Waals surface area contributed by atoms with Crippen molar-refractivity contribution >= 4 is 15.9 Å². The fourth-order valence-electron chi connectivity index (χ4n) is 2.95. The van der Waals surface area contributed by atoms with Gasteiger partial charge < -0.3 is 14.2 Å². The summed E-state index contributed by atoms with van der Waals surface area (Å²) in [5.74, 6) is 0.256. The van der Waals surface area contributed by atoms with E-state index in [-0.39, 0.29) is 17.5 Å². The van der Waals surface area contributed by atoms with Crippen LogP contribution in [0.2, 0.25) is 0 Å². The highest BCUT2D eigenvalue weighted by Crippen LogP contribution is 2.29. The molecule has 1 unspecified atom stereocenters. The third-order valence-corrected chi connectivity index (χ3v) is 5.99. The Morgan fingerprint density at radius 3 is 2.70 bits per heavy atom. The van der Waals surface area contributed by atoms with Crippen LogP contribution in [0.1, 0.15) is 18.3 Å². The summed E-state index contributed by atoms with van der Waals surface area (Å²) < 4.78 is 36.2. The molecule has 0 spiro atoms. The highest BCUT2D eigenvalue weighted by Gasteiger charge is 2.37. The number of nitrogens with one attached hydrogen (secondary N) is 1. The van der Waals surface area contributed by atoms with Gasteiger partial charge in [-0.1, -0.05) is 0 Å². The van der Waals surface area contributed by atoms with Crippen molar-refractivity contribution in [2.24, 2.45) is 14.1 Å². The number of aromatic nitrogens is 4. The molecule has 2 aromatic rings. The molecule has 10 nitrogen and oxygen atoms in total. The molecule has 3 heterocycles. The number of rotatable bonds is 5. The van der Waals surface area contributed by atoms with Gasteiger partial charge in [0.15, 0.2) is 5.03 Å². The summed E-state index contributed by atoms with van der Waals surface area (Å²) >= 11 is 0. The molecular weight excluding hydrogens is 372 g/mol. The van der Waals surface area contributed by atoms with E-state index in [1.165, 1.54) is 6.20 Å². The smallest absolute Gasteiger partial charge is 0.260 e. The standard InChI is InChI=1S/C16H24N6O4S/c1-12-19-14(10-20(12)3)27(24,25)18-8-15(23)22-5-6-26-16(2,11-22)13-7-17-21(4)9-13/h7,9-10,18H,5-6,8,11H2,1-4H3. The Labute approximate surface area is 158 Å². The lowest BCUT2D eigenvalue weighted by Gasteiger charge is -2.40. The fourth-order valence-corrected chi connectivity index (χ4v) is 3.96. The quantitative estimate of drug-likeness (QED) is 0.730. The molecule has 0 aromatic carbocycles. The topological polar surface area (TPSA) is 111 Å². The molecule has 1 atom stereocenters. The minimum Gasteiger partial charge on any atom is -0.367 e. The first-order valence-corrected chi connectivity index (χ1v) is 9.99. The second-order valence-corrected chi connectivity index (χ2v) is 8.57. The molecule has 2 aromatic heterocycles. The summed E-state index contributed by atoms with van der Waals surface area (Å²) in [5.41, 5.74) is 0.186. The summed E-state index contributed by atoms with van der Waals surface area (Å²) in [6.07, 6.45) is 4.97. The van der Waals surface area contributed by atoms with Crippen LogP contribution in [0.4, 0.5) is 0 Å². The van der Waals surface area contributed by atoms with Crippen LogP contribution in [0, 0.1) is 6.92 Å². The van der Waals surface area contributed by atoms with E-state index >= 15 is 0 Å². The van der Waals surface area contributed by atoms with E-state index in [4.69, 9.17) is 4.74 Å². The maximum atomic E-state index is 12.6. The minimum absolute atomic E-state index is 0.0996. The van der Waals surface area contributed by atoms with Crippen molar-refractivity contribution in [3.8, 4) is 0 Å². The van der Waals surface area contributed by atoms with Crippen molar-refractivity contribution in [2.45, 2.75) is 24.5 Å². The van der Waals surface area contributed by atoms with Crippen molar-refractivity contribution < 1.29 is 17.9 Å². The molecule has 1 aliphatic rings. The summed E-state index contributed by atoms with van der Waals surface area (Å²) in [6, 6.07) is 0. The number of amides is 1. The Bertz CT molecular complexity index is 931. The molecule has 0 bridgehead atoms. The summed E-state index contributed by atoms with van der Waals surface area (Å²) in [7, 11) is -0.327. The van der Waals surface area contributed by atoms with Crippen LogP contribution in [-0.2, 0) is 39.3 Å². The Balaban J connectivity index is 1.65. The molecule has 11 heteroatoms. The molecule has 1 N–H and O–H groups in total. The first-order chi connectivity index (χ1) is 12.6. The number of sulfonamides is 1. The molecule has 0 aliphatic carbocycles. The Kier molecular flexibility index (Phi) is 5.10. The SMILES string of the molecule is Cc1nc(S(=O)(=O)NCC(=O)N2CCOC(C)(c3cnn(C)c3)C2)cn1C. The molecule has 1 saturated heterocycles. The van der Waals surface area contributed by atoms with Gasteiger partial charge in [0.05, 0.1) is 25.9 Å². The second-order valence-electron chi connectivity index (χ2n) is 6.86. The van der Waals surface area contributed by atoms with Gasteiger partial charge in [-0.3, -0.25) is 9.48 Å². The highest BCUT2D eigenvalue weighted by atomic mass is 32.2. The van der Waals surface area contributed by atoms with Crippen molar-refractivity contribution in [1.82, 2.24) is 29.0 Å². The van der Waals surface area contributed by atoms with Crippen LogP contribution in [0.5, 0.6) is 0 Å². The molecule has 1 fully saturated rings. The molecule has 1 amide bonds. The number of carbonyl (C=O) groups is 1. The molecule has 3 rings (SSSR count). The summed E-state index contributed by atoms with van der Waals surface area (Å²) in [4.78, 5) is 18.2. The third-order valence-electron chi connectivity index (χ3n) is 4.72. The Morgan fingerprint density at radius 2 is 2.11 bits per heavy atom. The van der Waals surface area contributed by atoms with Gasteiger partial charge in [-0.2, -0.15) is 5.10 Å². The lowest BCUT2D eigenvalue weighted by atomic mass is 9.97. The monoisotopic (exact) mass is 396 g/mol. The maximum Gasteiger partial charge on any atom is 0.260 e. The number of ether oxygens (including phenoxy) is 1. The Morgan fingerprint density at radius 1 is 1.37 bits per heavy atom. The zero-order valence-corrected chi connectivity index (χ0v) is 16.7. The molecular formula is C16H24N6O4S. The lowest BCUT2D eigenvalue weighted by Crippen LogP contribution is -2.52. The number of nitrogens with zero attached hydrogens (tertiary/aromatic N) is 5. The molecule has 1 aliphatic heterocycles. The van der Waals surface area contributed by atoms with E-state index in [1.807, 2.05) is 20.2 Å². The van der Waals surface area contributed by atoms with Crippen molar-refractivity contribution in [2.75, 3.05) is 26.2 Å². The van der Waals surface area contributed by atoms with Gasteiger partial charge in [0.2, 0.25) is 5.91 Å². The van der Waals surface area contributed by atoms with Crippen LogP contribution < -0.4 is 4.72 Å². The van der Waals surface area contributed by atoms with Crippen molar-refractivity contribution in [1.29, 1.82) is 0 Å². The average Bonchev–Trinajstić information content (AvgIpc) is 3.20. The van der Waals surface area contributed by atoms with E-state index in [0.29, 0.717) is 25.5 Å². The molecule has 0 radical (unpaired) electrons. The van der Waals surface area contributed by atoms with Crippen LogP contribution in [-0.4, -0.2) is 64.8 Å². The zero-order chi connectivity index (χ0) is 19.8. The number of morpholine rings is 1. The van der Waals surface area contributed by atoms with Crippen molar-refractivity contribution in [3.63, 3.8) is 0 Å². The Hall–Kier alpha value is -2.24. The zero-order valence-electron chi connectivity index (χ0n) is 15.8. The van der Waals surface area contributed by atoms with E-state index in [2.05, 4.69) is 14.8 Å². The van der Waals surface area contributed by atoms with Crippen LogP contribution >= 0.6 is 0 Å². The molecule has 148 valence electrons. The minimum atomic E-state index is -3.85. The van der Waals surface area contributed by atoms with E-state index < -0.39 is 15.6 Å². The largest absolute Gasteiger partial charge is 0.367 e. The van der Waals surface area contributed by atoms with E-state index in [0.717, 1.165) is 5.56 Å². The van der Waals surface area contributed by atoms with Gasteiger partial charge in [0, 0.05) is 38.6 Å². The predicted octanol–water partition coefficient (Wildman–Crippen LogP) is -0.485. The first-order valence-electron chi connectivity index (χ1n) is 8.51. The highest BCUT2D eigenvalue weighted by molar-refractivity contribution is 7.89.